The van der Waals surface area contributed by atoms with E-state index in [0.717, 1.165) is 17.0 Å². The van der Waals surface area contributed by atoms with Gasteiger partial charge in [0.05, 0.1) is 29.3 Å². The lowest BCUT2D eigenvalue weighted by molar-refractivity contribution is -0.113. The first kappa shape index (κ1) is 24.0. The van der Waals surface area contributed by atoms with Crippen molar-refractivity contribution in [1.29, 1.82) is 0 Å². The minimum atomic E-state index is -0.332. The quantitative estimate of drug-likeness (QED) is 0.337. The second kappa shape index (κ2) is 11.3. The fourth-order valence-corrected chi connectivity index (χ4v) is 3.91. The normalized spacial score (nSPS) is 10.6. The van der Waals surface area contributed by atoms with E-state index >= 15 is 0 Å². The Kier molecular flexibility index (Phi) is 7.74. The fraction of sp³-hybridized carbons (Fsp3) is 0.160. The Morgan fingerprint density at radius 2 is 1.71 bits per heavy atom. The number of hydrogen-bond donors (Lipinski definition) is 2. The van der Waals surface area contributed by atoms with Crippen LogP contribution in [0.3, 0.4) is 0 Å². The van der Waals surface area contributed by atoms with Gasteiger partial charge in [-0.2, -0.15) is 4.68 Å². The van der Waals surface area contributed by atoms with E-state index in [2.05, 4.69) is 26.2 Å². The van der Waals surface area contributed by atoms with Gasteiger partial charge in [0.25, 0.3) is 5.91 Å². The molecule has 0 atom stereocenters. The van der Waals surface area contributed by atoms with E-state index in [-0.39, 0.29) is 17.6 Å². The lowest BCUT2D eigenvalue weighted by Gasteiger charge is -2.12. The number of thioether (sulfide) groups is 1. The SMILES string of the molecule is CCOc1ccc(NC(=O)c2ccccc2NC(=O)CSc2nnnn2-c2ccc(C)cc2)cc1. The van der Waals surface area contributed by atoms with Gasteiger partial charge in [-0.3, -0.25) is 9.59 Å². The highest BCUT2D eigenvalue weighted by Crippen LogP contribution is 2.22. The van der Waals surface area contributed by atoms with Crippen molar-refractivity contribution < 1.29 is 14.3 Å². The maximum Gasteiger partial charge on any atom is 0.257 e. The molecule has 1 aromatic heterocycles. The van der Waals surface area contributed by atoms with E-state index in [0.29, 0.717) is 28.7 Å². The summed E-state index contributed by atoms with van der Waals surface area (Å²) in [5.74, 6) is 0.182. The number of ether oxygens (including phenoxy) is 1. The lowest BCUT2D eigenvalue weighted by atomic mass is 10.1. The summed E-state index contributed by atoms with van der Waals surface area (Å²) in [6, 6.07) is 21.7. The first-order valence-corrected chi connectivity index (χ1v) is 11.9. The zero-order valence-corrected chi connectivity index (χ0v) is 20.1. The molecule has 1 heterocycles. The topological polar surface area (TPSA) is 111 Å². The number of carbonyl (C=O) groups is 2. The van der Waals surface area contributed by atoms with E-state index in [1.807, 2.05) is 38.1 Å². The third-order valence-electron chi connectivity index (χ3n) is 4.92. The number of anilines is 2. The predicted molar refractivity (Wildman–Crippen MR) is 135 cm³/mol. The molecule has 0 saturated heterocycles. The van der Waals surface area contributed by atoms with E-state index in [9.17, 15) is 9.59 Å². The van der Waals surface area contributed by atoms with E-state index in [4.69, 9.17) is 4.74 Å². The molecule has 35 heavy (non-hydrogen) atoms. The molecule has 0 bridgehead atoms. The Balaban J connectivity index is 1.39. The third kappa shape index (κ3) is 6.24. The number of aromatic nitrogens is 4. The lowest BCUT2D eigenvalue weighted by Crippen LogP contribution is -2.19. The van der Waals surface area contributed by atoms with Crippen LogP contribution in [0, 0.1) is 6.92 Å². The number of aryl methyl sites for hydroxylation is 1. The number of benzene rings is 3. The first-order valence-electron chi connectivity index (χ1n) is 10.9. The van der Waals surface area contributed by atoms with Crippen molar-refractivity contribution in [2.45, 2.75) is 19.0 Å². The van der Waals surface area contributed by atoms with Crippen LogP contribution >= 0.6 is 11.8 Å². The van der Waals surface area contributed by atoms with Crippen LogP contribution in [0.4, 0.5) is 11.4 Å². The van der Waals surface area contributed by atoms with Crippen molar-refractivity contribution in [2.75, 3.05) is 23.0 Å². The molecule has 0 saturated carbocycles. The van der Waals surface area contributed by atoms with Gasteiger partial charge in [-0.05, 0) is 72.8 Å². The molecule has 2 N–H and O–H groups in total. The zero-order valence-electron chi connectivity index (χ0n) is 19.3. The molecule has 0 spiro atoms. The van der Waals surface area contributed by atoms with Gasteiger partial charge in [0.1, 0.15) is 5.75 Å². The summed E-state index contributed by atoms with van der Waals surface area (Å²) in [6.07, 6.45) is 0. The standard InChI is InChI=1S/C25H24N6O3S/c1-3-34-20-14-10-18(11-15-20)26-24(33)21-6-4-5-7-22(21)27-23(32)16-35-25-28-29-30-31(25)19-12-8-17(2)9-13-19/h4-15H,3,16H2,1-2H3,(H,26,33)(H,27,32). The van der Waals surface area contributed by atoms with Gasteiger partial charge in [-0.25, -0.2) is 0 Å². The number of tetrazole rings is 1. The molecular weight excluding hydrogens is 464 g/mol. The van der Waals surface area contributed by atoms with Crippen molar-refractivity contribution in [3.8, 4) is 11.4 Å². The Morgan fingerprint density at radius 3 is 2.46 bits per heavy atom. The minimum absolute atomic E-state index is 0.0705. The monoisotopic (exact) mass is 488 g/mol. The molecule has 10 heteroatoms. The van der Waals surface area contributed by atoms with Crippen LogP contribution in [-0.4, -0.2) is 44.4 Å². The molecule has 2 amide bonds. The average molecular weight is 489 g/mol. The van der Waals surface area contributed by atoms with Gasteiger partial charge >= 0.3 is 0 Å². The Hall–Kier alpha value is -4.18. The van der Waals surface area contributed by atoms with Gasteiger partial charge in [0, 0.05) is 5.69 Å². The molecule has 0 fully saturated rings. The average Bonchev–Trinajstić information content (AvgIpc) is 3.33. The van der Waals surface area contributed by atoms with Gasteiger partial charge in [0.15, 0.2) is 0 Å². The minimum Gasteiger partial charge on any atom is -0.494 e. The molecule has 3 aromatic carbocycles. The molecule has 0 aliphatic rings. The molecule has 4 aromatic rings. The van der Waals surface area contributed by atoms with Crippen LogP contribution in [0.5, 0.6) is 5.75 Å². The van der Waals surface area contributed by atoms with Crippen molar-refractivity contribution in [1.82, 2.24) is 20.2 Å². The number of carbonyl (C=O) groups excluding carboxylic acids is 2. The largest absolute Gasteiger partial charge is 0.494 e. The van der Waals surface area contributed by atoms with Gasteiger partial charge in [0.2, 0.25) is 11.1 Å². The number of nitrogens with one attached hydrogen (secondary N) is 2. The van der Waals surface area contributed by atoms with Crippen LogP contribution in [0.25, 0.3) is 5.69 Å². The van der Waals surface area contributed by atoms with Crippen LogP contribution in [-0.2, 0) is 4.79 Å². The molecule has 0 radical (unpaired) electrons. The number of nitrogens with zero attached hydrogens (tertiary/aromatic N) is 4. The fourth-order valence-electron chi connectivity index (χ4n) is 3.22. The molecule has 4 rings (SSSR count). The van der Waals surface area contributed by atoms with Crippen LogP contribution in [0.15, 0.2) is 78.0 Å². The van der Waals surface area contributed by atoms with Gasteiger partial charge in [-0.1, -0.05) is 41.6 Å². The van der Waals surface area contributed by atoms with Gasteiger partial charge in [-0.15, -0.1) is 5.10 Å². The number of hydrogen-bond acceptors (Lipinski definition) is 7. The zero-order chi connectivity index (χ0) is 24.6. The first-order chi connectivity index (χ1) is 17.0. The summed E-state index contributed by atoms with van der Waals surface area (Å²) >= 11 is 1.20. The smallest absolute Gasteiger partial charge is 0.257 e. The Labute approximate surface area is 206 Å². The second-order valence-electron chi connectivity index (χ2n) is 7.50. The van der Waals surface area contributed by atoms with E-state index in [1.165, 1.54) is 11.8 Å². The molecular formula is C25H24N6O3S. The summed E-state index contributed by atoms with van der Waals surface area (Å²) in [7, 11) is 0. The molecule has 9 nitrogen and oxygen atoms in total. The summed E-state index contributed by atoms with van der Waals surface area (Å²) < 4.78 is 7.00. The number of amides is 2. The molecule has 0 unspecified atom stereocenters. The summed E-state index contributed by atoms with van der Waals surface area (Å²) in [6.45, 7) is 4.48. The van der Waals surface area contributed by atoms with Gasteiger partial charge < -0.3 is 15.4 Å². The van der Waals surface area contributed by atoms with Crippen molar-refractivity contribution in [3.63, 3.8) is 0 Å². The third-order valence-corrected chi connectivity index (χ3v) is 5.84. The highest BCUT2D eigenvalue weighted by Gasteiger charge is 2.16. The Bertz CT molecular complexity index is 1310. The molecule has 0 aliphatic carbocycles. The van der Waals surface area contributed by atoms with E-state index in [1.54, 1.807) is 53.2 Å². The predicted octanol–water partition coefficient (Wildman–Crippen LogP) is 4.35. The number of rotatable bonds is 9. The highest BCUT2D eigenvalue weighted by atomic mass is 32.2. The second-order valence-corrected chi connectivity index (χ2v) is 8.45. The Morgan fingerprint density at radius 1 is 0.971 bits per heavy atom. The van der Waals surface area contributed by atoms with Crippen LogP contribution in [0.1, 0.15) is 22.8 Å². The molecule has 0 aliphatic heterocycles. The highest BCUT2D eigenvalue weighted by molar-refractivity contribution is 7.99. The maximum atomic E-state index is 12.9. The van der Waals surface area contributed by atoms with Crippen molar-refractivity contribution in [2.24, 2.45) is 0 Å². The summed E-state index contributed by atoms with van der Waals surface area (Å²) in [5, 5.41) is 17.9. The van der Waals surface area contributed by atoms with Crippen molar-refractivity contribution >= 4 is 35.0 Å². The van der Waals surface area contributed by atoms with Crippen LogP contribution in [0.2, 0.25) is 0 Å². The van der Waals surface area contributed by atoms with E-state index < -0.39 is 0 Å². The number of para-hydroxylation sites is 1. The summed E-state index contributed by atoms with van der Waals surface area (Å²) in [4.78, 5) is 25.5. The molecule has 178 valence electrons. The summed E-state index contributed by atoms with van der Waals surface area (Å²) in [5.41, 5.74) is 3.32. The maximum absolute atomic E-state index is 12.9. The van der Waals surface area contributed by atoms with Crippen LogP contribution < -0.4 is 15.4 Å². The van der Waals surface area contributed by atoms with Crippen molar-refractivity contribution in [3.05, 3.63) is 83.9 Å².